The number of hydrogen-bond donors (Lipinski definition) is 1. The van der Waals surface area contributed by atoms with Gasteiger partial charge in [0.2, 0.25) is 5.91 Å². The first-order valence-corrected chi connectivity index (χ1v) is 10.2. The van der Waals surface area contributed by atoms with Crippen molar-refractivity contribution in [1.82, 2.24) is 15.1 Å². The molecule has 0 radical (unpaired) electrons. The zero-order valence-electron chi connectivity index (χ0n) is 16.8. The van der Waals surface area contributed by atoms with Crippen LogP contribution in [-0.2, 0) is 17.8 Å². The van der Waals surface area contributed by atoms with Crippen LogP contribution in [0.5, 0.6) is 5.75 Å². The standard InChI is InChI=1S/C23H31N3O2/c1-2-28-22-10-8-20(9-11-22)18-23(27)24-12-13-25-14-16-26(17-15-25)19-21-6-4-3-5-7-21/h3-11H,2,12-19H2,1H3,(H,24,27). The molecule has 0 aliphatic carbocycles. The molecule has 2 aromatic rings. The van der Waals surface area contributed by atoms with Gasteiger partial charge in [-0.2, -0.15) is 0 Å². The molecule has 1 heterocycles. The van der Waals surface area contributed by atoms with E-state index < -0.39 is 0 Å². The summed E-state index contributed by atoms with van der Waals surface area (Å²) in [4.78, 5) is 17.1. The topological polar surface area (TPSA) is 44.8 Å². The summed E-state index contributed by atoms with van der Waals surface area (Å²) in [5.74, 6) is 0.921. The summed E-state index contributed by atoms with van der Waals surface area (Å²) in [6, 6.07) is 18.4. The van der Waals surface area contributed by atoms with E-state index in [0.29, 0.717) is 19.6 Å². The second-order valence-electron chi connectivity index (χ2n) is 7.21. The third-order valence-corrected chi connectivity index (χ3v) is 5.06. The predicted molar refractivity (Wildman–Crippen MR) is 112 cm³/mol. The van der Waals surface area contributed by atoms with Crippen LogP contribution in [0, 0.1) is 0 Å². The molecule has 28 heavy (non-hydrogen) atoms. The fourth-order valence-electron chi connectivity index (χ4n) is 3.48. The summed E-state index contributed by atoms with van der Waals surface area (Å²) < 4.78 is 5.43. The van der Waals surface area contributed by atoms with Crippen LogP contribution in [0.25, 0.3) is 0 Å². The highest BCUT2D eigenvalue weighted by atomic mass is 16.5. The largest absolute Gasteiger partial charge is 0.494 e. The van der Waals surface area contributed by atoms with Crippen molar-refractivity contribution in [3.05, 3.63) is 65.7 Å². The third kappa shape index (κ3) is 6.66. The van der Waals surface area contributed by atoms with Crippen molar-refractivity contribution < 1.29 is 9.53 Å². The summed E-state index contributed by atoms with van der Waals surface area (Å²) in [6.45, 7) is 9.52. The minimum Gasteiger partial charge on any atom is -0.494 e. The zero-order chi connectivity index (χ0) is 19.6. The lowest BCUT2D eigenvalue weighted by Gasteiger charge is -2.34. The first kappa shape index (κ1) is 20.4. The fourth-order valence-corrected chi connectivity index (χ4v) is 3.48. The number of hydrogen-bond acceptors (Lipinski definition) is 4. The van der Waals surface area contributed by atoms with Gasteiger partial charge in [0.1, 0.15) is 5.75 Å². The first-order chi connectivity index (χ1) is 13.7. The lowest BCUT2D eigenvalue weighted by atomic mass is 10.1. The lowest BCUT2D eigenvalue weighted by Crippen LogP contribution is -2.48. The quantitative estimate of drug-likeness (QED) is 0.725. The fraction of sp³-hybridized carbons (Fsp3) is 0.435. The molecule has 0 bridgehead atoms. The Kier molecular flexibility index (Phi) is 7.88. The van der Waals surface area contributed by atoms with Crippen molar-refractivity contribution in [2.24, 2.45) is 0 Å². The third-order valence-electron chi connectivity index (χ3n) is 5.06. The maximum absolute atomic E-state index is 12.2. The smallest absolute Gasteiger partial charge is 0.224 e. The number of amides is 1. The molecule has 1 saturated heterocycles. The Morgan fingerprint density at radius 1 is 0.929 bits per heavy atom. The summed E-state index contributed by atoms with van der Waals surface area (Å²) in [5.41, 5.74) is 2.38. The van der Waals surface area contributed by atoms with Crippen LogP contribution in [0.3, 0.4) is 0 Å². The van der Waals surface area contributed by atoms with E-state index in [9.17, 15) is 4.79 Å². The Morgan fingerprint density at radius 2 is 1.61 bits per heavy atom. The van der Waals surface area contributed by atoms with Crippen LogP contribution in [0.2, 0.25) is 0 Å². The monoisotopic (exact) mass is 381 g/mol. The van der Waals surface area contributed by atoms with E-state index in [1.165, 1.54) is 5.56 Å². The van der Waals surface area contributed by atoms with Crippen molar-refractivity contribution in [3.8, 4) is 5.75 Å². The Labute approximate surface area is 168 Å². The van der Waals surface area contributed by atoms with E-state index in [4.69, 9.17) is 4.74 Å². The van der Waals surface area contributed by atoms with Gasteiger partial charge >= 0.3 is 0 Å². The molecule has 0 atom stereocenters. The van der Waals surface area contributed by atoms with Crippen molar-refractivity contribution in [2.45, 2.75) is 19.9 Å². The molecule has 0 spiro atoms. The number of benzene rings is 2. The van der Waals surface area contributed by atoms with E-state index in [-0.39, 0.29) is 5.91 Å². The van der Waals surface area contributed by atoms with E-state index in [0.717, 1.165) is 50.6 Å². The van der Waals surface area contributed by atoms with Crippen molar-refractivity contribution in [2.75, 3.05) is 45.9 Å². The number of carbonyl (C=O) groups is 1. The van der Waals surface area contributed by atoms with Gasteiger partial charge in [0, 0.05) is 45.8 Å². The molecule has 1 aliphatic rings. The number of nitrogens with one attached hydrogen (secondary N) is 1. The van der Waals surface area contributed by atoms with Crippen molar-refractivity contribution in [3.63, 3.8) is 0 Å². The van der Waals surface area contributed by atoms with Crippen LogP contribution in [0.15, 0.2) is 54.6 Å². The molecule has 1 amide bonds. The Balaban J connectivity index is 1.30. The summed E-state index contributed by atoms with van der Waals surface area (Å²) in [5, 5.41) is 3.04. The van der Waals surface area contributed by atoms with E-state index in [2.05, 4.69) is 45.4 Å². The van der Waals surface area contributed by atoms with E-state index >= 15 is 0 Å². The summed E-state index contributed by atoms with van der Waals surface area (Å²) in [7, 11) is 0. The molecule has 5 nitrogen and oxygen atoms in total. The molecule has 5 heteroatoms. The van der Waals surface area contributed by atoms with Gasteiger partial charge in [0.25, 0.3) is 0 Å². The molecule has 2 aromatic carbocycles. The highest BCUT2D eigenvalue weighted by Gasteiger charge is 2.16. The molecule has 150 valence electrons. The number of piperazine rings is 1. The number of ether oxygens (including phenoxy) is 1. The normalized spacial score (nSPS) is 15.3. The SMILES string of the molecule is CCOc1ccc(CC(=O)NCCN2CCN(Cc3ccccc3)CC2)cc1. The number of nitrogens with zero attached hydrogens (tertiary/aromatic N) is 2. The molecule has 1 aliphatic heterocycles. The van der Waals surface area contributed by atoms with Gasteiger partial charge in [-0.25, -0.2) is 0 Å². The maximum Gasteiger partial charge on any atom is 0.224 e. The van der Waals surface area contributed by atoms with Crippen molar-refractivity contribution in [1.29, 1.82) is 0 Å². The van der Waals surface area contributed by atoms with Gasteiger partial charge in [-0.05, 0) is 30.2 Å². The van der Waals surface area contributed by atoms with Gasteiger partial charge in [0.05, 0.1) is 13.0 Å². The molecule has 1 N–H and O–H groups in total. The lowest BCUT2D eigenvalue weighted by molar-refractivity contribution is -0.120. The Morgan fingerprint density at radius 3 is 2.29 bits per heavy atom. The van der Waals surface area contributed by atoms with Crippen LogP contribution < -0.4 is 10.1 Å². The van der Waals surface area contributed by atoms with Gasteiger partial charge in [0.15, 0.2) is 0 Å². The van der Waals surface area contributed by atoms with Crippen LogP contribution >= 0.6 is 0 Å². The number of carbonyl (C=O) groups excluding carboxylic acids is 1. The highest BCUT2D eigenvalue weighted by molar-refractivity contribution is 5.78. The minimum atomic E-state index is 0.0758. The van der Waals surface area contributed by atoms with E-state index in [1.807, 2.05) is 31.2 Å². The Bertz CT molecular complexity index is 710. The second kappa shape index (κ2) is 10.8. The first-order valence-electron chi connectivity index (χ1n) is 10.2. The molecule has 0 aromatic heterocycles. The van der Waals surface area contributed by atoms with Gasteiger partial charge in [-0.1, -0.05) is 42.5 Å². The van der Waals surface area contributed by atoms with Gasteiger partial charge in [-0.15, -0.1) is 0 Å². The summed E-state index contributed by atoms with van der Waals surface area (Å²) in [6.07, 6.45) is 0.414. The molecule has 0 saturated carbocycles. The molecule has 3 rings (SSSR count). The second-order valence-corrected chi connectivity index (χ2v) is 7.21. The summed E-state index contributed by atoms with van der Waals surface area (Å²) >= 11 is 0. The zero-order valence-corrected chi connectivity index (χ0v) is 16.8. The molecule has 0 unspecified atom stereocenters. The average molecular weight is 382 g/mol. The number of rotatable bonds is 9. The van der Waals surface area contributed by atoms with Gasteiger partial charge < -0.3 is 10.1 Å². The van der Waals surface area contributed by atoms with Crippen LogP contribution in [0.1, 0.15) is 18.1 Å². The highest BCUT2D eigenvalue weighted by Crippen LogP contribution is 2.12. The molecular weight excluding hydrogens is 350 g/mol. The van der Waals surface area contributed by atoms with Crippen LogP contribution in [0.4, 0.5) is 0 Å². The van der Waals surface area contributed by atoms with Crippen molar-refractivity contribution >= 4 is 5.91 Å². The Hall–Kier alpha value is -2.37. The van der Waals surface area contributed by atoms with Gasteiger partial charge in [-0.3, -0.25) is 14.6 Å². The molecular formula is C23H31N3O2. The maximum atomic E-state index is 12.2. The van der Waals surface area contributed by atoms with E-state index in [1.54, 1.807) is 0 Å². The molecule has 1 fully saturated rings. The predicted octanol–water partition coefficient (Wildman–Crippen LogP) is 2.56. The average Bonchev–Trinajstić information content (AvgIpc) is 2.72. The minimum absolute atomic E-state index is 0.0758. The van der Waals surface area contributed by atoms with Crippen LogP contribution in [-0.4, -0.2) is 61.6 Å².